The predicted molar refractivity (Wildman–Crippen MR) is 70.0 cm³/mol. The van der Waals surface area contributed by atoms with E-state index < -0.39 is 6.04 Å². The van der Waals surface area contributed by atoms with E-state index in [4.69, 9.17) is 0 Å². The average molecular weight is 264 g/mol. The lowest BCUT2D eigenvalue weighted by atomic mass is 9.95. The molecule has 0 spiro atoms. The lowest BCUT2D eigenvalue weighted by Gasteiger charge is -2.37. The molecule has 0 bridgehead atoms. The van der Waals surface area contributed by atoms with Crippen LogP contribution in [-0.4, -0.2) is 39.1 Å². The first-order chi connectivity index (χ1) is 9.02. The van der Waals surface area contributed by atoms with Crippen molar-refractivity contribution in [1.29, 1.82) is 0 Å². The summed E-state index contributed by atoms with van der Waals surface area (Å²) in [6, 6.07) is 1.47. The van der Waals surface area contributed by atoms with E-state index in [-0.39, 0.29) is 24.3 Å². The summed E-state index contributed by atoms with van der Waals surface area (Å²) in [6.07, 6.45) is 2.69. The number of amides is 2. The predicted octanol–water partition coefficient (Wildman–Crippen LogP) is 0.293. The molecule has 6 nitrogen and oxygen atoms in total. The first kappa shape index (κ1) is 13.6. The maximum Gasteiger partial charge on any atom is 0.243 e. The molecule has 2 rings (SSSR count). The lowest BCUT2D eigenvalue weighted by molar-refractivity contribution is -0.148. The molecule has 6 heteroatoms. The molecule has 1 fully saturated rings. The van der Waals surface area contributed by atoms with Crippen LogP contribution < -0.4 is 5.32 Å². The lowest BCUT2D eigenvalue weighted by Crippen LogP contribution is -2.60. The largest absolute Gasteiger partial charge is 0.345 e. The molecule has 2 amide bonds. The molecule has 104 valence electrons. The van der Waals surface area contributed by atoms with E-state index in [9.17, 15) is 9.59 Å². The molecule has 2 unspecified atom stereocenters. The van der Waals surface area contributed by atoms with Gasteiger partial charge < -0.3 is 10.2 Å². The molecule has 0 aliphatic carbocycles. The Bertz CT molecular complexity index is 483. The topological polar surface area (TPSA) is 67.2 Å². The van der Waals surface area contributed by atoms with E-state index >= 15 is 0 Å². The second-order valence-corrected chi connectivity index (χ2v) is 5.05. The maximum absolute atomic E-state index is 12.1. The fourth-order valence-corrected chi connectivity index (χ4v) is 2.36. The second-order valence-electron chi connectivity index (χ2n) is 5.05. The molecular formula is C13H20N4O2. The quantitative estimate of drug-likeness (QED) is 0.850. The maximum atomic E-state index is 12.1. The first-order valence-electron chi connectivity index (χ1n) is 6.58. The summed E-state index contributed by atoms with van der Waals surface area (Å²) in [5, 5.41) is 6.94. The molecule has 1 N–H and O–H groups in total. The van der Waals surface area contributed by atoms with E-state index in [1.807, 2.05) is 33.2 Å². The minimum Gasteiger partial charge on any atom is -0.345 e. The molecule has 2 heterocycles. The summed E-state index contributed by atoms with van der Waals surface area (Å²) in [5.41, 5.74) is 0.804. The van der Waals surface area contributed by atoms with Crippen molar-refractivity contribution < 1.29 is 9.59 Å². The normalized spacial score (nSPS) is 21.4. The van der Waals surface area contributed by atoms with Gasteiger partial charge in [0.15, 0.2) is 0 Å². The number of carbonyl (C=O) groups excluding carboxylic acids is 2. The van der Waals surface area contributed by atoms with Gasteiger partial charge in [-0.15, -0.1) is 0 Å². The monoisotopic (exact) mass is 264 g/mol. The Hall–Kier alpha value is -1.85. The average Bonchev–Trinajstić information content (AvgIpc) is 2.79. The summed E-state index contributed by atoms with van der Waals surface area (Å²) in [5.74, 6) is 0.0217. The summed E-state index contributed by atoms with van der Waals surface area (Å²) < 4.78 is 1.70. The van der Waals surface area contributed by atoms with Gasteiger partial charge in [-0.2, -0.15) is 5.10 Å². The molecule has 1 aliphatic heterocycles. The van der Waals surface area contributed by atoms with Crippen molar-refractivity contribution in [3.63, 3.8) is 0 Å². The number of carbonyl (C=O) groups is 2. The summed E-state index contributed by atoms with van der Waals surface area (Å²) in [6.45, 7) is 4.49. The standard InChI is InChI=1S/C13H20N4O2/c1-4-9(2)12-13(19)14-7-11(18)17(12)8-10-5-6-16(3)15-10/h5-6,9,12H,4,7-8H2,1-3H3,(H,14,19). The molecular weight excluding hydrogens is 244 g/mol. The van der Waals surface area contributed by atoms with Crippen molar-refractivity contribution in [1.82, 2.24) is 20.0 Å². The Balaban J connectivity index is 2.21. The van der Waals surface area contributed by atoms with Crippen LogP contribution in [0.15, 0.2) is 12.3 Å². The third kappa shape index (κ3) is 2.77. The Labute approximate surface area is 112 Å². The van der Waals surface area contributed by atoms with Crippen LogP contribution in [0.1, 0.15) is 26.0 Å². The third-order valence-electron chi connectivity index (χ3n) is 3.62. The van der Waals surface area contributed by atoms with Gasteiger partial charge in [0.1, 0.15) is 6.04 Å². The Morgan fingerprint density at radius 1 is 1.53 bits per heavy atom. The van der Waals surface area contributed by atoms with Gasteiger partial charge in [-0.3, -0.25) is 14.3 Å². The highest BCUT2D eigenvalue weighted by atomic mass is 16.2. The highest BCUT2D eigenvalue weighted by Gasteiger charge is 2.37. The van der Waals surface area contributed by atoms with Crippen molar-refractivity contribution in [3.05, 3.63) is 18.0 Å². The Morgan fingerprint density at radius 2 is 2.26 bits per heavy atom. The van der Waals surface area contributed by atoms with E-state index in [0.29, 0.717) is 6.54 Å². The number of piperazine rings is 1. The smallest absolute Gasteiger partial charge is 0.243 e. The van der Waals surface area contributed by atoms with Gasteiger partial charge in [0.2, 0.25) is 11.8 Å². The molecule has 1 aliphatic rings. The van der Waals surface area contributed by atoms with E-state index in [2.05, 4.69) is 10.4 Å². The Morgan fingerprint density at radius 3 is 2.84 bits per heavy atom. The van der Waals surface area contributed by atoms with E-state index in [1.165, 1.54) is 0 Å². The summed E-state index contributed by atoms with van der Waals surface area (Å²) >= 11 is 0. The van der Waals surface area contributed by atoms with Crippen molar-refractivity contribution in [2.45, 2.75) is 32.9 Å². The van der Waals surface area contributed by atoms with Gasteiger partial charge in [0.05, 0.1) is 18.8 Å². The van der Waals surface area contributed by atoms with Crippen LogP contribution in [0.4, 0.5) is 0 Å². The van der Waals surface area contributed by atoms with Gasteiger partial charge >= 0.3 is 0 Å². The number of aromatic nitrogens is 2. The molecule has 1 aromatic heterocycles. The zero-order valence-electron chi connectivity index (χ0n) is 11.6. The minimum absolute atomic E-state index is 0.0458. The van der Waals surface area contributed by atoms with E-state index in [0.717, 1.165) is 12.1 Å². The second kappa shape index (κ2) is 5.42. The highest BCUT2D eigenvalue weighted by molar-refractivity contribution is 5.94. The molecule has 0 saturated carbocycles. The van der Waals surface area contributed by atoms with Crippen LogP contribution in [0.2, 0.25) is 0 Å². The zero-order valence-corrected chi connectivity index (χ0v) is 11.6. The highest BCUT2D eigenvalue weighted by Crippen LogP contribution is 2.20. The van der Waals surface area contributed by atoms with Gasteiger partial charge in [0.25, 0.3) is 0 Å². The van der Waals surface area contributed by atoms with Crippen molar-refractivity contribution >= 4 is 11.8 Å². The molecule has 2 atom stereocenters. The first-order valence-corrected chi connectivity index (χ1v) is 6.58. The van der Waals surface area contributed by atoms with Crippen LogP contribution in [0, 0.1) is 5.92 Å². The summed E-state index contributed by atoms with van der Waals surface area (Å²) in [4.78, 5) is 25.7. The number of rotatable bonds is 4. The molecule has 0 radical (unpaired) electrons. The SMILES string of the molecule is CCC(C)C1C(=O)NCC(=O)N1Cc1ccn(C)n1. The number of nitrogens with zero attached hydrogens (tertiary/aromatic N) is 3. The molecule has 0 aromatic carbocycles. The number of nitrogens with one attached hydrogen (secondary N) is 1. The Kier molecular flexibility index (Phi) is 3.87. The van der Waals surface area contributed by atoms with Gasteiger partial charge in [-0.05, 0) is 12.0 Å². The van der Waals surface area contributed by atoms with Gasteiger partial charge in [-0.25, -0.2) is 0 Å². The fourth-order valence-electron chi connectivity index (χ4n) is 2.36. The number of hydrogen-bond acceptors (Lipinski definition) is 3. The van der Waals surface area contributed by atoms with Crippen LogP contribution >= 0.6 is 0 Å². The number of aryl methyl sites for hydroxylation is 1. The fraction of sp³-hybridized carbons (Fsp3) is 0.615. The van der Waals surface area contributed by atoms with E-state index in [1.54, 1.807) is 9.58 Å². The number of hydrogen-bond donors (Lipinski definition) is 1. The zero-order chi connectivity index (χ0) is 14.0. The molecule has 1 saturated heterocycles. The van der Waals surface area contributed by atoms with Crippen molar-refractivity contribution in [2.75, 3.05) is 6.54 Å². The molecule has 19 heavy (non-hydrogen) atoms. The van der Waals surface area contributed by atoms with Crippen molar-refractivity contribution in [3.8, 4) is 0 Å². The van der Waals surface area contributed by atoms with Crippen molar-refractivity contribution in [2.24, 2.45) is 13.0 Å². The van der Waals surface area contributed by atoms with Gasteiger partial charge in [0, 0.05) is 13.2 Å². The van der Waals surface area contributed by atoms with Crippen LogP contribution in [0.25, 0.3) is 0 Å². The van der Waals surface area contributed by atoms with Crippen LogP contribution in [-0.2, 0) is 23.2 Å². The van der Waals surface area contributed by atoms with Crippen LogP contribution in [0.5, 0.6) is 0 Å². The minimum atomic E-state index is -0.395. The summed E-state index contributed by atoms with van der Waals surface area (Å²) in [7, 11) is 1.83. The van der Waals surface area contributed by atoms with Gasteiger partial charge in [-0.1, -0.05) is 20.3 Å². The third-order valence-corrected chi connectivity index (χ3v) is 3.62. The van der Waals surface area contributed by atoms with Crippen LogP contribution in [0.3, 0.4) is 0 Å². The molecule has 1 aromatic rings.